The molecule has 1 aromatic heterocycles. The second kappa shape index (κ2) is 6.05. The van der Waals surface area contributed by atoms with Gasteiger partial charge in [0.25, 0.3) is 0 Å². The molecular weight excluding hydrogens is 280 g/mol. The Bertz CT molecular complexity index is 790. The highest BCUT2D eigenvalue weighted by Gasteiger charge is 2.17. The fourth-order valence-corrected chi connectivity index (χ4v) is 2.08. The first-order valence-electron chi connectivity index (χ1n) is 6.67. The molecule has 0 aliphatic heterocycles. The van der Waals surface area contributed by atoms with Gasteiger partial charge in [0, 0.05) is 18.3 Å². The zero-order valence-corrected chi connectivity index (χ0v) is 11.5. The Balaban J connectivity index is 2.00. The van der Waals surface area contributed by atoms with Crippen molar-refractivity contribution in [3.8, 4) is 22.8 Å². The first-order chi connectivity index (χ1) is 10.7. The summed E-state index contributed by atoms with van der Waals surface area (Å²) in [5.41, 5.74) is 1.59. The van der Waals surface area contributed by atoms with Crippen LogP contribution in [0.2, 0.25) is 0 Å². The SMILES string of the molecule is O=[N+]([O-])c1cc(-c2ccccc2)ccc1Oc1ccccn1. The van der Waals surface area contributed by atoms with E-state index in [2.05, 4.69) is 4.98 Å². The Morgan fingerprint density at radius 2 is 1.68 bits per heavy atom. The monoisotopic (exact) mass is 292 g/mol. The van der Waals surface area contributed by atoms with Gasteiger partial charge in [-0.05, 0) is 23.3 Å². The molecule has 3 aromatic rings. The summed E-state index contributed by atoms with van der Waals surface area (Å²) in [5.74, 6) is 0.487. The summed E-state index contributed by atoms with van der Waals surface area (Å²) in [6.45, 7) is 0. The molecule has 0 spiro atoms. The van der Waals surface area contributed by atoms with Crippen molar-refractivity contribution >= 4 is 5.69 Å². The van der Waals surface area contributed by atoms with Crippen LogP contribution in [-0.2, 0) is 0 Å². The highest BCUT2D eigenvalue weighted by molar-refractivity contribution is 5.69. The average Bonchev–Trinajstić information content (AvgIpc) is 2.57. The number of pyridine rings is 1. The molecule has 0 saturated carbocycles. The van der Waals surface area contributed by atoms with Crippen LogP contribution >= 0.6 is 0 Å². The van der Waals surface area contributed by atoms with Gasteiger partial charge in [0.05, 0.1) is 4.92 Å². The lowest BCUT2D eigenvalue weighted by Gasteiger charge is -2.07. The molecule has 3 rings (SSSR count). The van der Waals surface area contributed by atoms with E-state index in [0.717, 1.165) is 11.1 Å². The number of rotatable bonds is 4. The lowest BCUT2D eigenvalue weighted by Crippen LogP contribution is -1.95. The molecule has 0 fully saturated rings. The molecular formula is C17H12N2O3. The number of aromatic nitrogens is 1. The van der Waals surface area contributed by atoms with E-state index in [-0.39, 0.29) is 11.4 Å². The van der Waals surface area contributed by atoms with Crippen molar-refractivity contribution in [1.29, 1.82) is 0 Å². The molecule has 0 N–H and O–H groups in total. The lowest BCUT2D eigenvalue weighted by molar-refractivity contribution is -0.385. The van der Waals surface area contributed by atoms with E-state index in [0.29, 0.717) is 5.88 Å². The smallest absolute Gasteiger partial charge is 0.312 e. The fraction of sp³-hybridized carbons (Fsp3) is 0. The van der Waals surface area contributed by atoms with Crippen LogP contribution < -0.4 is 4.74 Å². The van der Waals surface area contributed by atoms with Gasteiger partial charge in [0.15, 0.2) is 0 Å². The third-order valence-electron chi connectivity index (χ3n) is 3.12. The molecule has 108 valence electrons. The fourth-order valence-electron chi connectivity index (χ4n) is 2.08. The van der Waals surface area contributed by atoms with Crippen LogP contribution in [0.3, 0.4) is 0 Å². The zero-order valence-electron chi connectivity index (χ0n) is 11.5. The van der Waals surface area contributed by atoms with Gasteiger partial charge in [-0.25, -0.2) is 4.98 Å². The van der Waals surface area contributed by atoms with Gasteiger partial charge < -0.3 is 4.74 Å². The largest absolute Gasteiger partial charge is 0.432 e. The van der Waals surface area contributed by atoms with Gasteiger partial charge in [-0.2, -0.15) is 0 Å². The van der Waals surface area contributed by atoms with Crippen molar-refractivity contribution in [2.75, 3.05) is 0 Å². The van der Waals surface area contributed by atoms with Gasteiger partial charge in [-0.15, -0.1) is 0 Å². The van der Waals surface area contributed by atoms with Crippen LogP contribution in [0, 0.1) is 10.1 Å². The molecule has 5 nitrogen and oxygen atoms in total. The molecule has 0 aliphatic rings. The molecule has 1 heterocycles. The Kier molecular flexibility index (Phi) is 3.78. The maximum Gasteiger partial charge on any atom is 0.312 e. The van der Waals surface area contributed by atoms with Crippen molar-refractivity contribution in [3.63, 3.8) is 0 Å². The minimum Gasteiger partial charge on any atom is -0.432 e. The molecule has 5 heteroatoms. The maximum absolute atomic E-state index is 11.3. The van der Waals surface area contributed by atoms with Crippen molar-refractivity contribution in [2.45, 2.75) is 0 Å². The van der Waals surface area contributed by atoms with Crippen LogP contribution in [-0.4, -0.2) is 9.91 Å². The molecule has 0 atom stereocenters. The predicted octanol–water partition coefficient (Wildman–Crippen LogP) is 4.45. The summed E-state index contributed by atoms with van der Waals surface area (Å²) in [7, 11) is 0. The topological polar surface area (TPSA) is 65.3 Å². The number of ether oxygens (including phenoxy) is 1. The standard InChI is InChI=1S/C17H12N2O3/c20-19(21)15-12-14(13-6-2-1-3-7-13)9-10-16(15)22-17-8-4-5-11-18-17/h1-12H. The summed E-state index contributed by atoms with van der Waals surface area (Å²) in [6, 6.07) is 19.5. The van der Waals surface area contributed by atoms with E-state index in [1.54, 1.807) is 36.5 Å². The Morgan fingerprint density at radius 1 is 0.909 bits per heavy atom. The third-order valence-corrected chi connectivity index (χ3v) is 3.12. The Labute approximate surface area is 127 Å². The normalized spacial score (nSPS) is 10.2. The molecule has 0 amide bonds. The number of nitrogens with zero attached hydrogens (tertiary/aromatic N) is 2. The van der Waals surface area contributed by atoms with Gasteiger partial charge >= 0.3 is 5.69 Å². The van der Waals surface area contributed by atoms with E-state index in [1.807, 2.05) is 30.3 Å². The van der Waals surface area contributed by atoms with Gasteiger partial charge in [-0.3, -0.25) is 10.1 Å². The number of benzene rings is 2. The Morgan fingerprint density at radius 3 is 2.36 bits per heavy atom. The zero-order chi connectivity index (χ0) is 15.4. The first-order valence-corrected chi connectivity index (χ1v) is 6.67. The van der Waals surface area contributed by atoms with Crippen LogP contribution in [0.4, 0.5) is 5.69 Å². The summed E-state index contributed by atoms with van der Waals surface area (Å²) in [4.78, 5) is 14.9. The van der Waals surface area contributed by atoms with Gasteiger partial charge in [-0.1, -0.05) is 42.5 Å². The Hall–Kier alpha value is -3.21. The average molecular weight is 292 g/mol. The summed E-state index contributed by atoms with van der Waals surface area (Å²) in [5, 5.41) is 11.3. The summed E-state index contributed by atoms with van der Waals surface area (Å²) in [6.07, 6.45) is 1.57. The van der Waals surface area contributed by atoms with Crippen molar-refractivity contribution in [2.24, 2.45) is 0 Å². The van der Waals surface area contributed by atoms with Gasteiger partial charge in [0.2, 0.25) is 11.6 Å². The molecule has 0 radical (unpaired) electrons. The second-order valence-corrected chi connectivity index (χ2v) is 4.58. The van der Waals surface area contributed by atoms with Crippen molar-refractivity contribution in [3.05, 3.63) is 83.0 Å². The molecule has 0 aliphatic carbocycles. The van der Waals surface area contributed by atoms with Crippen LogP contribution in [0.25, 0.3) is 11.1 Å². The van der Waals surface area contributed by atoms with Crippen molar-refractivity contribution in [1.82, 2.24) is 4.98 Å². The number of nitro benzene ring substituents is 1. The maximum atomic E-state index is 11.3. The van der Waals surface area contributed by atoms with Crippen LogP contribution in [0.15, 0.2) is 72.9 Å². The van der Waals surface area contributed by atoms with E-state index in [9.17, 15) is 10.1 Å². The highest BCUT2D eigenvalue weighted by Crippen LogP contribution is 2.34. The predicted molar refractivity (Wildman–Crippen MR) is 82.8 cm³/mol. The molecule has 2 aromatic carbocycles. The third kappa shape index (κ3) is 2.93. The highest BCUT2D eigenvalue weighted by atomic mass is 16.6. The van der Waals surface area contributed by atoms with E-state index in [4.69, 9.17) is 4.74 Å². The summed E-state index contributed by atoms with van der Waals surface area (Å²) >= 11 is 0. The van der Waals surface area contributed by atoms with E-state index < -0.39 is 4.92 Å². The number of hydrogen-bond acceptors (Lipinski definition) is 4. The van der Waals surface area contributed by atoms with E-state index >= 15 is 0 Å². The van der Waals surface area contributed by atoms with Gasteiger partial charge in [0.1, 0.15) is 0 Å². The quantitative estimate of drug-likeness (QED) is 0.526. The minimum atomic E-state index is -0.454. The summed E-state index contributed by atoms with van der Waals surface area (Å²) < 4.78 is 5.51. The molecule has 0 bridgehead atoms. The second-order valence-electron chi connectivity index (χ2n) is 4.58. The molecule has 0 unspecified atom stereocenters. The first kappa shape index (κ1) is 13.8. The number of hydrogen-bond donors (Lipinski definition) is 0. The molecule has 0 saturated heterocycles. The lowest BCUT2D eigenvalue weighted by atomic mass is 10.0. The minimum absolute atomic E-state index is 0.0907. The van der Waals surface area contributed by atoms with E-state index in [1.165, 1.54) is 6.07 Å². The van der Waals surface area contributed by atoms with Crippen molar-refractivity contribution < 1.29 is 9.66 Å². The van der Waals surface area contributed by atoms with Crippen LogP contribution in [0.1, 0.15) is 0 Å². The number of nitro groups is 1. The molecule has 22 heavy (non-hydrogen) atoms. The van der Waals surface area contributed by atoms with Crippen LogP contribution in [0.5, 0.6) is 11.6 Å².